The van der Waals surface area contributed by atoms with Crippen molar-refractivity contribution >= 4 is 11.6 Å². The van der Waals surface area contributed by atoms with E-state index in [1.54, 1.807) is 12.4 Å². The molecule has 150 valence electrons. The number of aromatic nitrogens is 5. The highest BCUT2D eigenvalue weighted by Crippen LogP contribution is 2.30. The lowest BCUT2D eigenvalue weighted by Gasteiger charge is -2.06. The molecule has 0 aliphatic heterocycles. The van der Waals surface area contributed by atoms with E-state index in [1.165, 1.54) is 5.56 Å². The Labute approximate surface area is 180 Å². The third-order valence-corrected chi connectivity index (χ3v) is 4.85. The number of pyridine rings is 1. The summed E-state index contributed by atoms with van der Waals surface area (Å²) in [5.74, 6) is 0.539. The Hall–Kier alpha value is -4.32. The van der Waals surface area contributed by atoms with Crippen LogP contribution in [0, 0.1) is 0 Å². The Morgan fingerprint density at radius 2 is 1.61 bits per heavy atom. The summed E-state index contributed by atoms with van der Waals surface area (Å²) in [5, 5.41) is 8.12. The van der Waals surface area contributed by atoms with E-state index in [9.17, 15) is 0 Å². The van der Waals surface area contributed by atoms with Gasteiger partial charge in [0.15, 0.2) is 0 Å². The first kappa shape index (κ1) is 18.7. The highest BCUT2D eigenvalue weighted by molar-refractivity contribution is 5.78. The molecule has 0 aliphatic carbocycles. The molecule has 31 heavy (non-hydrogen) atoms. The SMILES string of the molecule is c1ccc(Cn2cc(-c3ccnc(Nc4ccccc4)n3)c(-c3cccnc3)n2)cc1. The minimum absolute atomic E-state index is 0.539. The van der Waals surface area contributed by atoms with Gasteiger partial charge in [0.25, 0.3) is 0 Å². The maximum Gasteiger partial charge on any atom is 0.227 e. The van der Waals surface area contributed by atoms with Crippen molar-refractivity contribution in [3.05, 3.63) is 109 Å². The molecule has 0 amide bonds. The van der Waals surface area contributed by atoms with Crippen LogP contribution < -0.4 is 5.32 Å². The second-order valence-corrected chi connectivity index (χ2v) is 7.07. The predicted octanol–water partition coefficient (Wildman–Crippen LogP) is 5.19. The van der Waals surface area contributed by atoms with Crippen molar-refractivity contribution in [2.24, 2.45) is 0 Å². The van der Waals surface area contributed by atoms with Crippen LogP contribution >= 0.6 is 0 Å². The first-order valence-electron chi connectivity index (χ1n) is 10.0. The van der Waals surface area contributed by atoms with Crippen LogP contribution in [0.4, 0.5) is 11.6 Å². The fourth-order valence-corrected chi connectivity index (χ4v) is 3.40. The van der Waals surface area contributed by atoms with Crippen molar-refractivity contribution < 1.29 is 0 Å². The normalized spacial score (nSPS) is 10.7. The number of hydrogen-bond acceptors (Lipinski definition) is 5. The molecule has 1 N–H and O–H groups in total. The van der Waals surface area contributed by atoms with Crippen LogP contribution in [0.3, 0.4) is 0 Å². The Bertz CT molecular complexity index is 1270. The van der Waals surface area contributed by atoms with Gasteiger partial charge in [0, 0.05) is 41.6 Å². The van der Waals surface area contributed by atoms with Crippen molar-refractivity contribution in [2.75, 3.05) is 5.32 Å². The molecule has 0 fully saturated rings. The fraction of sp³-hybridized carbons (Fsp3) is 0.0400. The molecular formula is C25H20N6. The lowest BCUT2D eigenvalue weighted by atomic mass is 10.1. The number of nitrogens with zero attached hydrogens (tertiary/aromatic N) is 5. The molecule has 0 radical (unpaired) electrons. The average molecular weight is 404 g/mol. The van der Waals surface area contributed by atoms with Gasteiger partial charge < -0.3 is 5.32 Å². The van der Waals surface area contributed by atoms with E-state index in [0.717, 1.165) is 28.2 Å². The summed E-state index contributed by atoms with van der Waals surface area (Å²) in [5.41, 5.74) is 5.64. The lowest BCUT2D eigenvalue weighted by Crippen LogP contribution is -2.00. The van der Waals surface area contributed by atoms with Crippen molar-refractivity contribution in [1.82, 2.24) is 24.7 Å². The number of para-hydroxylation sites is 1. The molecule has 2 aromatic carbocycles. The molecule has 0 spiro atoms. The Morgan fingerprint density at radius 3 is 2.39 bits per heavy atom. The number of anilines is 2. The molecule has 0 unspecified atom stereocenters. The van der Waals surface area contributed by atoms with Gasteiger partial charge in [-0.2, -0.15) is 5.10 Å². The van der Waals surface area contributed by atoms with Crippen LogP contribution in [-0.4, -0.2) is 24.7 Å². The summed E-state index contributed by atoms with van der Waals surface area (Å²) < 4.78 is 1.94. The van der Waals surface area contributed by atoms with Crippen molar-refractivity contribution in [3.63, 3.8) is 0 Å². The molecule has 5 aromatic rings. The van der Waals surface area contributed by atoms with E-state index in [-0.39, 0.29) is 0 Å². The second-order valence-electron chi connectivity index (χ2n) is 7.07. The predicted molar refractivity (Wildman–Crippen MR) is 122 cm³/mol. The maximum absolute atomic E-state index is 4.86. The van der Waals surface area contributed by atoms with Gasteiger partial charge in [-0.1, -0.05) is 48.5 Å². The van der Waals surface area contributed by atoms with Crippen molar-refractivity contribution in [1.29, 1.82) is 0 Å². The quantitative estimate of drug-likeness (QED) is 0.422. The maximum atomic E-state index is 4.86. The first-order chi connectivity index (χ1) is 15.3. The molecule has 6 heteroatoms. The van der Waals surface area contributed by atoms with Gasteiger partial charge in [-0.3, -0.25) is 9.67 Å². The van der Waals surface area contributed by atoms with Crippen molar-refractivity contribution in [3.8, 4) is 22.5 Å². The van der Waals surface area contributed by atoms with Gasteiger partial charge in [-0.05, 0) is 35.9 Å². The Balaban J connectivity index is 1.54. The zero-order valence-electron chi connectivity index (χ0n) is 16.8. The largest absolute Gasteiger partial charge is 0.324 e. The van der Waals surface area contributed by atoms with Gasteiger partial charge in [-0.25, -0.2) is 9.97 Å². The van der Waals surface area contributed by atoms with E-state index in [0.29, 0.717) is 12.5 Å². The standard InChI is InChI=1S/C25H20N6/c1-3-8-19(9-4-1)17-31-18-22(24(30-31)20-10-7-14-26-16-20)23-13-15-27-25(29-23)28-21-11-5-2-6-12-21/h1-16,18H,17H2,(H,27,28,29). The highest BCUT2D eigenvalue weighted by atomic mass is 15.3. The third-order valence-electron chi connectivity index (χ3n) is 4.85. The Morgan fingerprint density at radius 1 is 0.806 bits per heavy atom. The second kappa shape index (κ2) is 8.59. The van der Waals surface area contributed by atoms with Gasteiger partial charge in [0.1, 0.15) is 5.69 Å². The summed E-state index contributed by atoms with van der Waals surface area (Å²) in [6.07, 6.45) is 7.37. The summed E-state index contributed by atoms with van der Waals surface area (Å²) in [6.45, 7) is 0.675. The number of hydrogen-bond donors (Lipinski definition) is 1. The summed E-state index contributed by atoms with van der Waals surface area (Å²) >= 11 is 0. The van der Waals surface area contributed by atoms with Crippen LogP contribution in [0.2, 0.25) is 0 Å². The van der Waals surface area contributed by atoms with E-state index < -0.39 is 0 Å². The minimum Gasteiger partial charge on any atom is -0.324 e. The van der Waals surface area contributed by atoms with E-state index in [4.69, 9.17) is 10.1 Å². The topological polar surface area (TPSA) is 68.5 Å². The summed E-state index contributed by atoms with van der Waals surface area (Å²) in [6, 6.07) is 26.0. The number of rotatable bonds is 6. The van der Waals surface area contributed by atoms with Crippen LogP contribution in [-0.2, 0) is 6.54 Å². The lowest BCUT2D eigenvalue weighted by molar-refractivity contribution is 0.689. The Kier molecular flexibility index (Phi) is 5.18. The summed E-state index contributed by atoms with van der Waals surface area (Å²) in [7, 11) is 0. The van der Waals surface area contributed by atoms with Gasteiger partial charge in [-0.15, -0.1) is 0 Å². The molecule has 0 atom stereocenters. The van der Waals surface area contributed by atoms with Crippen LogP contribution in [0.1, 0.15) is 5.56 Å². The molecule has 6 nitrogen and oxygen atoms in total. The monoisotopic (exact) mass is 404 g/mol. The van der Waals surface area contributed by atoms with Gasteiger partial charge >= 0.3 is 0 Å². The molecule has 3 aromatic heterocycles. The van der Waals surface area contributed by atoms with Gasteiger partial charge in [0.2, 0.25) is 5.95 Å². The smallest absolute Gasteiger partial charge is 0.227 e. The molecule has 0 bridgehead atoms. The first-order valence-corrected chi connectivity index (χ1v) is 10.0. The van der Waals surface area contributed by atoms with Crippen LogP contribution in [0.5, 0.6) is 0 Å². The average Bonchev–Trinajstić information content (AvgIpc) is 3.25. The van der Waals surface area contributed by atoms with E-state index >= 15 is 0 Å². The highest BCUT2D eigenvalue weighted by Gasteiger charge is 2.15. The van der Waals surface area contributed by atoms with E-state index in [2.05, 4.69) is 27.4 Å². The van der Waals surface area contributed by atoms with Crippen molar-refractivity contribution in [2.45, 2.75) is 6.54 Å². The number of nitrogens with one attached hydrogen (secondary N) is 1. The molecular weight excluding hydrogens is 384 g/mol. The van der Waals surface area contributed by atoms with E-state index in [1.807, 2.05) is 83.8 Å². The molecule has 3 heterocycles. The zero-order valence-corrected chi connectivity index (χ0v) is 16.8. The fourth-order valence-electron chi connectivity index (χ4n) is 3.40. The molecule has 0 saturated carbocycles. The van der Waals surface area contributed by atoms with Crippen LogP contribution in [0.25, 0.3) is 22.5 Å². The van der Waals surface area contributed by atoms with Crippen LogP contribution in [0.15, 0.2) is 104 Å². The summed E-state index contributed by atoms with van der Waals surface area (Å²) in [4.78, 5) is 13.4. The third kappa shape index (κ3) is 4.33. The number of benzene rings is 2. The van der Waals surface area contributed by atoms with Gasteiger partial charge in [0.05, 0.1) is 12.2 Å². The zero-order chi connectivity index (χ0) is 20.9. The minimum atomic E-state index is 0.539. The molecule has 5 rings (SSSR count). The molecule has 0 aliphatic rings. The molecule has 0 saturated heterocycles.